The van der Waals surface area contributed by atoms with E-state index in [1.54, 1.807) is 29.2 Å². The number of carbonyl (C=O) groups is 1. The number of fused-ring (bicyclic) bond motifs is 4. The van der Waals surface area contributed by atoms with Gasteiger partial charge in [0.1, 0.15) is 55.5 Å². The van der Waals surface area contributed by atoms with E-state index in [0.29, 0.717) is 36.4 Å². The van der Waals surface area contributed by atoms with E-state index < -0.39 is 67.5 Å². The van der Waals surface area contributed by atoms with Gasteiger partial charge in [-0.15, -0.1) is 0 Å². The number of aromatic nitrogens is 2. The lowest BCUT2D eigenvalue weighted by molar-refractivity contribution is -0.676. The molecule has 2 saturated heterocycles. The summed E-state index contributed by atoms with van der Waals surface area (Å²) in [6.45, 7) is 5.61. The van der Waals surface area contributed by atoms with Crippen LogP contribution >= 0.6 is 0 Å². The van der Waals surface area contributed by atoms with Crippen molar-refractivity contribution in [1.29, 1.82) is 0 Å². The second-order valence-corrected chi connectivity index (χ2v) is 18.8. The predicted molar refractivity (Wildman–Crippen MR) is 268 cm³/mol. The summed E-state index contributed by atoms with van der Waals surface area (Å²) in [5.41, 5.74) is 7.86. The fourth-order valence-corrected chi connectivity index (χ4v) is 10.4. The molecule has 388 valence electrons. The molecule has 1 aliphatic carbocycles. The average molecular weight is 1000 g/mol. The first-order chi connectivity index (χ1) is 35.5. The Balaban J connectivity index is 0.844. The topological polar surface area (TPSA) is 218 Å². The van der Waals surface area contributed by atoms with Crippen LogP contribution in [0.25, 0.3) is 22.2 Å². The van der Waals surface area contributed by atoms with Crippen LogP contribution in [0.4, 0.5) is 4.79 Å². The summed E-state index contributed by atoms with van der Waals surface area (Å²) in [7, 11) is 0. The average Bonchev–Trinajstić information content (AvgIpc) is 3.91. The zero-order chi connectivity index (χ0) is 51.0. The van der Waals surface area contributed by atoms with Crippen LogP contribution in [0.3, 0.4) is 0 Å². The lowest BCUT2D eigenvalue weighted by Gasteiger charge is -2.40. The quantitative estimate of drug-likeness (QED) is 0.0391. The number of aliphatic hydroxyl groups excluding tert-OH is 6. The van der Waals surface area contributed by atoms with E-state index >= 15 is 0 Å². The molecule has 2 fully saturated rings. The van der Waals surface area contributed by atoms with Crippen LogP contribution in [0.2, 0.25) is 0 Å². The molecule has 9 rings (SSSR count). The standard InChI is InChI=1S/C56H66N4O13/c1-3-59-43-25-24-37(28-44(43)60(4-2)49(59)29-57-56(67)71-32-42-40-22-13-11-20-38(40)39-21-12-14-23-41(39)42)68-27-15-26-58(30-45(61)50(65)52-47(63)33-69-54(72-52)35-16-7-5-8-17-35)31-46(62)51(66)53-48(64)34-70-55(73-53)36-18-9-6-10-19-36/h5-14,16-25,28,42,45-48,50-55,61-66H,3-4,15,26-27,29-34H2,1-2H3/p+1/t45?,46?,47-,48-,50?,51?,52-,53-,54?,55?/m1/s1. The van der Waals surface area contributed by atoms with Crippen LogP contribution in [-0.2, 0) is 43.3 Å². The molecule has 1 amide bonds. The van der Waals surface area contributed by atoms with E-state index in [1.165, 1.54) is 0 Å². The molecule has 0 saturated carbocycles. The fourth-order valence-electron chi connectivity index (χ4n) is 10.4. The van der Waals surface area contributed by atoms with Gasteiger partial charge in [-0.3, -0.25) is 4.90 Å². The number of aryl methyl sites for hydroxylation is 2. The lowest BCUT2D eigenvalue weighted by Crippen LogP contribution is -2.56. The number of hydrogen-bond donors (Lipinski definition) is 7. The first-order valence-corrected chi connectivity index (χ1v) is 25.2. The van der Waals surface area contributed by atoms with Gasteiger partial charge in [0.15, 0.2) is 23.6 Å². The number of aliphatic hydroxyl groups is 6. The Morgan fingerprint density at radius 3 is 1.81 bits per heavy atom. The molecule has 17 nitrogen and oxygen atoms in total. The number of benzene rings is 5. The molecule has 0 bridgehead atoms. The van der Waals surface area contributed by atoms with E-state index in [-0.39, 0.29) is 58.5 Å². The summed E-state index contributed by atoms with van der Waals surface area (Å²) in [6.07, 6.45) is -12.8. The molecule has 73 heavy (non-hydrogen) atoms. The van der Waals surface area contributed by atoms with Crippen LogP contribution in [0, 0.1) is 0 Å². The summed E-state index contributed by atoms with van der Waals surface area (Å²) in [5, 5.41) is 70.7. The highest BCUT2D eigenvalue weighted by Gasteiger charge is 2.42. The van der Waals surface area contributed by atoms with Crippen LogP contribution in [0.1, 0.15) is 66.8 Å². The van der Waals surface area contributed by atoms with Crippen molar-refractivity contribution in [2.24, 2.45) is 0 Å². The number of rotatable bonds is 21. The molecule has 3 aliphatic rings. The van der Waals surface area contributed by atoms with E-state index in [9.17, 15) is 35.4 Å². The zero-order valence-corrected chi connectivity index (χ0v) is 41.1. The summed E-state index contributed by atoms with van der Waals surface area (Å²) in [6, 6.07) is 40.4. The molecule has 3 heterocycles. The number of amides is 1. The Labute approximate surface area is 424 Å². The minimum absolute atomic E-state index is 0.0524. The van der Waals surface area contributed by atoms with Gasteiger partial charge in [0, 0.05) is 42.7 Å². The third-order valence-electron chi connectivity index (χ3n) is 14.1. The third-order valence-corrected chi connectivity index (χ3v) is 14.1. The number of carbonyl (C=O) groups excluding carboxylic acids is 1. The van der Waals surface area contributed by atoms with Crippen molar-refractivity contribution >= 4 is 17.1 Å². The number of hydrogen-bond acceptors (Lipinski definition) is 14. The molecular weight excluding hydrogens is 937 g/mol. The molecular formula is C56H67N4O13+. The van der Waals surface area contributed by atoms with Crippen molar-refractivity contribution in [3.63, 3.8) is 0 Å². The van der Waals surface area contributed by atoms with Gasteiger partial charge in [0.25, 0.3) is 5.82 Å². The van der Waals surface area contributed by atoms with Crippen LogP contribution in [0.15, 0.2) is 127 Å². The maximum atomic E-state index is 13.3. The molecule has 6 unspecified atom stereocenters. The number of nitrogens with zero attached hydrogens (tertiary/aromatic N) is 3. The molecule has 7 N–H and O–H groups in total. The SMILES string of the molecule is CCn1c(CNC(=O)OCC2c3ccccc3-c3ccccc32)[n+](CC)c2ccc(OCCCN(CC(O)C(O)[C@@H]3OC(c4ccccc4)OC[C@H]3O)CC(O)C(O)[C@@H]3OC(c4ccccc4)OC[C@H]3O)cc21. The van der Waals surface area contributed by atoms with E-state index in [4.69, 9.17) is 28.4 Å². The van der Waals surface area contributed by atoms with Gasteiger partial charge in [0.2, 0.25) is 0 Å². The minimum Gasteiger partial charge on any atom is -0.493 e. The molecule has 17 heteroatoms. The number of nitrogens with one attached hydrogen (secondary N) is 1. The maximum absolute atomic E-state index is 13.3. The Hall–Kier alpha value is -5.80. The molecule has 5 aromatic carbocycles. The van der Waals surface area contributed by atoms with Crippen LogP contribution in [0.5, 0.6) is 5.75 Å². The van der Waals surface area contributed by atoms with E-state index in [0.717, 1.165) is 39.1 Å². The minimum atomic E-state index is -1.57. The Kier molecular flexibility index (Phi) is 17.1. The Morgan fingerprint density at radius 1 is 0.740 bits per heavy atom. The summed E-state index contributed by atoms with van der Waals surface area (Å²) in [4.78, 5) is 14.9. The van der Waals surface area contributed by atoms with Crippen molar-refractivity contribution in [2.75, 3.05) is 46.1 Å². The van der Waals surface area contributed by atoms with Gasteiger partial charge in [0.05, 0.1) is 45.1 Å². The highest BCUT2D eigenvalue weighted by Crippen LogP contribution is 2.44. The van der Waals surface area contributed by atoms with E-state index in [1.807, 2.05) is 85.8 Å². The number of ether oxygens (including phenoxy) is 6. The number of alkyl carbamates (subject to hydrolysis) is 1. The molecule has 6 aromatic rings. The lowest BCUT2D eigenvalue weighted by atomic mass is 9.98. The van der Waals surface area contributed by atoms with E-state index in [2.05, 4.69) is 45.6 Å². The summed E-state index contributed by atoms with van der Waals surface area (Å²) in [5.74, 6) is 1.45. The molecule has 2 aliphatic heterocycles. The third kappa shape index (κ3) is 11.8. The first-order valence-electron chi connectivity index (χ1n) is 25.2. The largest absolute Gasteiger partial charge is 0.493 e. The van der Waals surface area contributed by atoms with Gasteiger partial charge in [-0.2, -0.15) is 0 Å². The zero-order valence-electron chi connectivity index (χ0n) is 41.1. The number of imidazole rings is 1. The van der Waals surface area contributed by atoms with Crippen LogP contribution < -0.4 is 14.6 Å². The first kappa shape index (κ1) is 52.1. The normalized spacial score (nSPS) is 22.6. The predicted octanol–water partition coefficient (Wildman–Crippen LogP) is 4.47. The Bertz CT molecular complexity index is 2620. The molecule has 0 radical (unpaired) electrons. The molecule has 1 aromatic heterocycles. The van der Waals surface area contributed by atoms with Crippen molar-refractivity contribution in [3.8, 4) is 16.9 Å². The summed E-state index contributed by atoms with van der Waals surface area (Å²) < 4.78 is 39.8. The fraction of sp³-hybridized carbons (Fsp3) is 0.429. The second-order valence-electron chi connectivity index (χ2n) is 18.8. The van der Waals surface area contributed by atoms with Gasteiger partial charge >= 0.3 is 6.09 Å². The van der Waals surface area contributed by atoms with Crippen LogP contribution in [-0.4, -0.2) is 141 Å². The Morgan fingerprint density at radius 2 is 1.27 bits per heavy atom. The van der Waals surface area contributed by atoms with Gasteiger partial charge in [-0.1, -0.05) is 109 Å². The maximum Gasteiger partial charge on any atom is 0.407 e. The summed E-state index contributed by atoms with van der Waals surface area (Å²) >= 11 is 0. The van der Waals surface area contributed by atoms with Crippen molar-refractivity contribution < 1.29 is 68.4 Å². The van der Waals surface area contributed by atoms with Gasteiger partial charge in [-0.05, 0) is 54.7 Å². The smallest absolute Gasteiger partial charge is 0.407 e. The van der Waals surface area contributed by atoms with Crippen molar-refractivity contribution in [2.45, 2.75) is 107 Å². The highest BCUT2D eigenvalue weighted by molar-refractivity contribution is 5.79. The molecule has 0 spiro atoms. The van der Waals surface area contributed by atoms with Crippen molar-refractivity contribution in [1.82, 2.24) is 14.8 Å². The molecule has 10 atom stereocenters. The van der Waals surface area contributed by atoms with Gasteiger partial charge < -0.3 is 64.4 Å². The second kappa shape index (κ2) is 24.0. The van der Waals surface area contributed by atoms with Crippen molar-refractivity contribution in [3.05, 3.63) is 155 Å². The van der Waals surface area contributed by atoms with Gasteiger partial charge in [-0.25, -0.2) is 13.9 Å². The monoisotopic (exact) mass is 1000 g/mol. The highest BCUT2D eigenvalue weighted by atomic mass is 16.7.